The Morgan fingerprint density at radius 3 is 1.52 bits per heavy atom. The summed E-state index contributed by atoms with van der Waals surface area (Å²) in [5, 5.41) is 0. The number of nitrogens with zero attached hydrogens (tertiary/aromatic N) is 11. The smallest absolute Gasteiger partial charge is 0.206 e. The summed E-state index contributed by atoms with van der Waals surface area (Å²) in [6.07, 6.45) is 3.90. The minimum atomic E-state index is 0.508. The van der Waals surface area contributed by atoms with Crippen LogP contribution in [0.1, 0.15) is 90.7 Å². The first-order valence-corrected chi connectivity index (χ1v) is 18.1. The van der Waals surface area contributed by atoms with E-state index in [4.69, 9.17) is 11.5 Å². The Bertz CT molecular complexity index is 2600. The average molecular weight is 730 g/mol. The fourth-order valence-corrected chi connectivity index (χ4v) is 6.63. The first-order valence-electron chi connectivity index (χ1n) is 18.1. The van der Waals surface area contributed by atoms with Crippen LogP contribution in [-0.4, -0.2) is 52.5 Å². The van der Waals surface area contributed by atoms with Crippen LogP contribution in [0.25, 0.3) is 22.6 Å². The number of fused-ring (bicyclic) bond motifs is 4. The molecule has 0 bridgehead atoms. The van der Waals surface area contributed by atoms with E-state index in [0.29, 0.717) is 11.8 Å². The molecule has 0 radical (unpaired) electrons. The van der Waals surface area contributed by atoms with E-state index < -0.39 is 0 Å². The quantitative estimate of drug-likeness (QED) is 0.160. The van der Waals surface area contributed by atoms with E-state index >= 15 is 0 Å². The largest absolute Gasteiger partial charge is 0.381 e. The van der Waals surface area contributed by atoms with Gasteiger partial charge in [0.05, 0.1) is 11.9 Å². The van der Waals surface area contributed by atoms with Gasteiger partial charge in [-0.15, -0.1) is 0 Å². The molecule has 0 spiro atoms. The molecule has 0 saturated carbocycles. The minimum absolute atomic E-state index is 0.508. The van der Waals surface area contributed by atoms with Gasteiger partial charge in [0.2, 0.25) is 5.95 Å². The highest BCUT2D eigenvalue weighted by Gasteiger charge is 2.13. The van der Waals surface area contributed by atoms with Gasteiger partial charge < -0.3 is 15.9 Å². The maximum Gasteiger partial charge on any atom is 0.206 e. The van der Waals surface area contributed by atoms with Crippen LogP contribution in [0.15, 0.2) is 18.5 Å². The molecule has 0 unspecified atom stereocenters. The standard InChI is InChI=1S/C11H14N2.2C10H14N4.C10H13N3/c1-7-5-6-13-10(4)8(2)9(3)12-11(7)13;1-5-6(2)12-9-7(3)13-10(11)14(9)8(5)4;1-5-6(2)12-10-9(11)13-8(4)14(10)7(5)3;1-6-7(2)12-10-5-11-9(4)13(10)8(6)3/h5-6H,1-4H3;1-4H3,(H2,11,13);11H2,1-4H3;5H,1-4H3. The molecule has 8 heterocycles. The minimum Gasteiger partial charge on any atom is -0.381 e. The fraction of sp³-hybridized carbons (Fsp3) is 0.390. The fourth-order valence-electron chi connectivity index (χ4n) is 6.63. The Labute approximate surface area is 317 Å². The van der Waals surface area contributed by atoms with Crippen LogP contribution >= 0.6 is 0 Å². The maximum absolute atomic E-state index is 5.81. The summed E-state index contributed by atoms with van der Waals surface area (Å²) < 4.78 is 8.13. The van der Waals surface area contributed by atoms with Gasteiger partial charge in [0.25, 0.3) is 0 Å². The number of nitrogen functional groups attached to an aromatic ring is 2. The topological polar surface area (TPSA) is 160 Å². The Morgan fingerprint density at radius 1 is 0.444 bits per heavy atom. The summed E-state index contributed by atoms with van der Waals surface area (Å²) in [6, 6.07) is 2.11. The van der Waals surface area contributed by atoms with Crippen molar-refractivity contribution in [3.8, 4) is 0 Å². The SMILES string of the molecule is Cc1nc2c(C)ccn2c(C)c1C.Cc1nc2c(C)nc(N)n2c(C)c1C.Cc1nc2c(N)nc(C)n2c(C)c1C.Cc1nc2cnc(C)n2c(C)c1C. The third kappa shape index (κ3) is 6.97. The molecule has 8 aromatic heterocycles. The lowest BCUT2D eigenvalue weighted by Gasteiger charge is -2.07. The van der Waals surface area contributed by atoms with Gasteiger partial charge in [0.1, 0.15) is 17.3 Å². The van der Waals surface area contributed by atoms with Crippen molar-refractivity contribution < 1.29 is 0 Å². The van der Waals surface area contributed by atoms with Crippen LogP contribution in [0, 0.1) is 111 Å². The molecule has 0 aliphatic heterocycles. The molecule has 0 saturated heterocycles. The third-order valence-corrected chi connectivity index (χ3v) is 10.9. The molecule has 0 amide bonds. The number of hydrogen-bond acceptors (Lipinski definition) is 9. The molecule has 0 atom stereocenters. The number of rotatable bonds is 0. The predicted molar refractivity (Wildman–Crippen MR) is 219 cm³/mol. The van der Waals surface area contributed by atoms with Crippen LogP contribution in [-0.2, 0) is 0 Å². The Hall–Kier alpha value is -5.85. The molecular formula is C41H55N13. The van der Waals surface area contributed by atoms with Crippen molar-refractivity contribution in [2.45, 2.75) is 111 Å². The van der Waals surface area contributed by atoms with Crippen molar-refractivity contribution in [2.24, 2.45) is 0 Å². The molecule has 8 rings (SSSR count). The van der Waals surface area contributed by atoms with Crippen molar-refractivity contribution in [2.75, 3.05) is 11.5 Å². The van der Waals surface area contributed by atoms with Crippen LogP contribution in [0.2, 0.25) is 0 Å². The third-order valence-electron chi connectivity index (χ3n) is 10.9. The summed E-state index contributed by atoms with van der Waals surface area (Å²) in [5.41, 5.74) is 31.3. The molecule has 4 N–H and O–H groups in total. The number of aryl methyl sites for hydroxylation is 12. The number of nitrogens with two attached hydrogens (primary N) is 2. The molecule has 8 aromatic rings. The number of anilines is 2. The van der Waals surface area contributed by atoms with Gasteiger partial charge in [0, 0.05) is 51.7 Å². The molecular weight excluding hydrogens is 675 g/mol. The summed E-state index contributed by atoms with van der Waals surface area (Å²) in [7, 11) is 0. The summed E-state index contributed by atoms with van der Waals surface area (Å²) >= 11 is 0. The average Bonchev–Trinajstić information content (AvgIpc) is 3.84. The zero-order chi connectivity index (χ0) is 40.1. The molecule has 54 heavy (non-hydrogen) atoms. The highest BCUT2D eigenvalue weighted by Crippen LogP contribution is 2.21. The van der Waals surface area contributed by atoms with Crippen molar-refractivity contribution in [3.05, 3.63) is 109 Å². The first-order chi connectivity index (χ1) is 25.3. The monoisotopic (exact) mass is 729 g/mol. The molecule has 0 aromatic carbocycles. The van der Waals surface area contributed by atoms with Gasteiger partial charge in [-0.25, -0.2) is 34.9 Å². The first kappa shape index (κ1) is 39.4. The zero-order valence-corrected chi connectivity index (χ0v) is 34.8. The predicted octanol–water partition coefficient (Wildman–Crippen LogP) is 7.62. The van der Waals surface area contributed by atoms with E-state index in [1.807, 2.05) is 70.4 Å². The Morgan fingerprint density at radius 2 is 0.926 bits per heavy atom. The van der Waals surface area contributed by atoms with Crippen molar-refractivity contribution in [3.63, 3.8) is 0 Å². The second-order valence-electron chi connectivity index (χ2n) is 14.2. The number of aromatic nitrogens is 11. The van der Waals surface area contributed by atoms with E-state index in [-0.39, 0.29) is 0 Å². The number of imidazole rings is 3. The van der Waals surface area contributed by atoms with E-state index in [1.165, 1.54) is 39.2 Å². The highest BCUT2D eigenvalue weighted by molar-refractivity contribution is 5.62. The van der Waals surface area contributed by atoms with Crippen molar-refractivity contribution >= 4 is 34.4 Å². The number of hydrogen-bond donors (Lipinski definition) is 2. The highest BCUT2D eigenvalue weighted by atomic mass is 15.2. The van der Waals surface area contributed by atoms with Gasteiger partial charge in [-0.1, -0.05) is 0 Å². The zero-order valence-electron chi connectivity index (χ0n) is 34.8. The summed E-state index contributed by atoms with van der Waals surface area (Å²) in [4.78, 5) is 30.6. The van der Waals surface area contributed by atoms with Crippen LogP contribution in [0.3, 0.4) is 0 Å². The maximum atomic E-state index is 5.81. The van der Waals surface area contributed by atoms with Crippen molar-refractivity contribution in [1.82, 2.24) is 52.5 Å². The molecule has 284 valence electrons. The molecule has 13 nitrogen and oxygen atoms in total. The second kappa shape index (κ2) is 14.9. The van der Waals surface area contributed by atoms with Gasteiger partial charge in [0.15, 0.2) is 22.8 Å². The Kier molecular flexibility index (Phi) is 10.8. The van der Waals surface area contributed by atoms with Gasteiger partial charge in [-0.3, -0.25) is 13.2 Å². The lowest BCUT2D eigenvalue weighted by Crippen LogP contribution is -2.03. The second-order valence-corrected chi connectivity index (χ2v) is 14.2. The van der Waals surface area contributed by atoms with Crippen LogP contribution in [0.5, 0.6) is 0 Å². The lowest BCUT2D eigenvalue weighted by molar-refractivity contribution is 0.939. The molecule has 0 fully saturated rings. The van der Waals surface area contributed by atoms with E-state index in [9.17, 15) is 0 Å². The van der Waals surface area contributed by atoms with Crippen molar-refractivity contribution in [1.29, 1.82) is 0 Å². The molecule has 0 aliphatic rings. The molecule has 0 aliphatic carbocycles. The van der Waals surface area contributed by atoms with Crippen LogP contribution < -0.4 is 11.5 Å². The lowest BCUT2D eigenvalue weighted by atomic mass is 10.2. The van der Waals surface area contributed by atoms with Gasteiger partial charge in [-0.2, -0.15) is 0 Å². The van der Waals surface area contributed by atoms with Gasteiger partial charge >= 0.3 is 0 Å². The Balaban J connectivity index is 0.000000139. The summed E-state index contributed by atoms with van der Waals surface area (Å²) in [5.74, 6) is 2.92. The van der Waals surface area contributed by atoms with E-state index in [1.54, 1.807) is 0 Å². The van der Waals surface area contributed by atoms with Gasteiger partial charge in [-0.05, 0) is 145 Å². The summed E-state index contributed by atoms with van der Waals surface area (Å²) in [6.45, 7) is 32.7. The van der Waals surface area contributed by atoms with E-state index in [0.717, 1.165) is 74.1 Å². The van der Waals surface area contributed by atoms with Crippen LogP contribution in [0.4, 0.5) is 11.8 Å². The van der Waals surface area contributed by atoms with E-state index in [2.05, 4.69) is 111 Å². The molecule has 13 heteroatoms. The normalized spacial score (nSPS) is 11.1.